The van der Waals surface area contributed by atoms with Crippen molar-refractivity contribution in [3.63, 3.8) is 0 Å². The van der Waals surface area contributed by atoms with Crippen molar-refractivity contribution < 1.29 is 37.5 Å². The normalized spacial score (nSPS) is 32.8. The van der Waals surface area contributed by atoms with Gasteiger partial charge in [-0.1, -0.05) is 17.7 Å². The monoisotopic (exact) mass is 428 g/mol. The first-order valence-electron chi connectivity index (χ1n) is 8.92. The fourth-order valence-electron chi connectivity index (χ4n) is 4.22. The molecule has 0 amide bonds. The first-order valence-corrected chi connectivity index (χ1v) is 10.3. The molecule has 10 N–H and O–H groups in total. The Labute approximate surface area is 166 Å². The first-order chi connectivity index (χ1) is 13.5. The molecule has 0 bridgehead atoms. The zero-order valence-electron chi connectivity index (χ0n) is 15.5. The maximum absolute atomic E-state index is 12.7. The van der Waals surface area contributed by atoms with E-state index in [1.165, 1.54) is 16.7 Å². The molecule has 1 saturated heterocycles. The smallest absolute Gasteiger partial charge is 0.347 e. The third-order valence-electron chi connectivity index (χ3n) is 5.65. The van der Waals surface area contributed by atoms with Crippen LogP contribution in [0.15, 0.2) is 29.2 Å². The summed E-state index contributed by atoms with van der Waals surface area (Å²) in [4.78, 5) is 2.72. The standard InChI is InChI=1S/C16H22N6O6S/c1-8-2-4-9(5-3-8)29(26,27)28-11-6-22-14(18)19-10(7-23)12-15(22,16(11,24)25)21-13(17)20-12/h2-5,10-12,23-25H,6-7H2,1H3,(H5,17,18,19,20,21)/p+2/t10-,11-,12-,15-/m0/s1. The summed E-state index contributed by atoms with van der Waals surface area (Å²) >= 11 is 0. The second-order valence-corrected chi connectivity index (χ2v) is 9.01. The molecule has 3 aliphatic rings. The summed E-state index contributed by atoms with van der Waals surface area (Å²) < 4.78 is 32.0. The molecule has 1 aromatic carbocycles. The Hall–Kier alpha value is -2.45. The lowest BCUT2D eigenvalue weighted by atomic mass is 9.86. The number of guanidine groups is 2. The van der Waals surface area contributed by atoms with E-state index in [1.54, 1.807) is 19.1 Å². The Balaban J connectivity index is 1.74. The van der Waals surface area contributed by atoms with Gasteiger partial charge in [0.2, 0.25) is 0 Å². The summed E-state index contributed by atoms with van der Waals surface area (Å²) in [6.07, 6.45) is -1.60. The highest BCUT2D eigenvalue weighted by Crippen LogP contribution is 2.39. The molecular formula is C16H24N6O6S+2. The summed E-state index contributed by atoms with van der Waals surface area (Å²) in [6, 6.07) is 4.36. The van der Waals surface area contributed by atoms with Crippen molar-refractivity contribution in [3.8, 4) is 0 Å². The molecule has 1 aromatic rings. The number of hydrogen-bond donors (Lipinski definition) is 8. The Morgan fingerprint density at radius 3 is 2.59 bits per heavy atom. The van der Waals surface area contributed by atoms with Gasteiger partial charge >= 0.3 is 11.9 Å². The largest absolute Gasteiger partial charge is 0.393 e. The SMILES string of the molecule is Cc1ccc(S(=O)(=O)O[C@H]2C[N+]3=C(N)N[C@@H](CO)[C@@H]4[NH+]=C(N)N[C@@]43C2(O)O)cc1. The van der Waals surface area contributed by atoms with Gasteiger partial charge in [-0.25, -0.2) is 9.89 Å². The predicted molar refractivity (Wildman–Crippen MR) is 98.5 cm³/mol. The third kappa shape index (κ3) is 2.69. The minimum Gasteiger partial charge on any atom is -0.393 e. The van der Waals surface area contributed by atoms with Crippen molar-refractivity contribution in [3.05, 3.63) is 29.8 Å². The van der Waals surface area contributed by atoms with Crippen LogP contribution in [0.25, 0.3) is 0 Å². The lowest BCUT2D eigenvalue weighted by Crippen LogP contribution is -2.91. The van der Waals surface area contributed by atoms with Gasteiger partial charge in [0.15, 0.2) is 12.1 Å². The molecule has 4 atom stereocenters. The molecule has 0 aliphatic carbocycles. The highest BCUT2D eigenvalue weighted by atomic mass is 32.2. The fourth-order valence-corrected chi connectivity index (χ4v) is 5.30. The summed E-state index contributed by atoms with van der Waals surface area (Å²) in [7, 11) is -4.31. The number of aliphatic hydroxyl groups is 3. The molecule has 0 saturated carbocycles. The van der Waals surface area contributed by atoms with Crippen molar-refractivity contribution >= 4 is 22.0 Å². The zero-order chi connectivity index (χ0) is 21.2. The summed E-state index contributed by atoms with van der Waals surface area (Å²) in [6.45, 7) is 1.14. The number of aliphatic hydroxyl groups excluding tert-OH is 1. The molecule has 1 spiro atoms. The van der Waals surface area contributed by atoms with Crippen LogP contribution in [0.3, 0.4) is 0 Å². The number of rotatable bonds is 4. The number of benzene rings is 1. The number of nitrogens with two attached hydrogens (primary N) is 2. The van der Waals surface area contributed by atoms with Gasteiger partial charge in [0.05, 0.1) is 11.5 Å². The summed E-state index contributed by atoms with van der Waals surface area (Å²) in [5.74, 6) is -2.72. The van der Waals surface area contributed by atoms with E-state index >= 15 is 0 Å². The molecule has 12 nitrogen and oxygen atoms in total. The van der Waals surface area contributed by atoms with Gasteiger partial charge in [0, 0.05) is 0 Å². The van der Waals surface area contributed by atoms with Crippen LogP contribution in [0.4, 0.5) is 0 Å². The van der Waals surface area contributed by atoms with Gasteiger partial charge in [-0.05, 0) is 19.1 Å². The van der Waals surface area contributed by atoms with Crippen LogP contribution < -0.4 is 27.1 Å². The first kappa shape index (κ1) is 19.8. The molecule has 29 heavy (non-hydrogen) atoms. The van der Waals surface area contributed by atoms with E-state index < -0.39 is 46.4 Å². The summed E-state index contributed by atoms with van der Waals surface area (Å²) in [5.41, 5.74) is 11.0. The topological polar surface area (TPSA) is 197 Å². The van der Waals surface area contributed by atoms with E-state index in [1.807, 2.05) is 0 Å². The van der Waals surface area contributed by atoms with Crippen LogP contribution in [0, 0.1) is 6.92 Å². The Bertz CT molecular complexity index is 1010. The van der Waals surface area contributed by atoms with Crippen LogP contribution in [0.5, 0.6) is 0 Å². The second kappa shape index (κ2) is 6.27. The molecule has 0 unspecified atom stereocenters. The highest BCUT2D eigenvalue weighted by Gasteiger charge is 2.78. The molecule has 1 fully saturated rings. The lowest BCUT2D eigenvalue weighted by molar-refractivity contribution is -0.674. The van der Waals surface area contributed by atoms with E-state index in [2.05, 4.69) is 15.6 Å². The van der Waals surface area contributed by atoms with Crippen LogP contribution in [-0.2, 0) is 14.3 Å². The highest BCUT2D eigenvalue weighted by molar-refractivity contribution is 7.86. The number of nitrogens with one attached hydrogen (secondary N) is 3. The van der Waals surface area contributed by atoms with Gasteiger partial charge < -0.3 is 15.3 Å². The van der Waals surface area contributed by atoms with E-state index in [9.17, 15) is 23.7 Å². The Morgan fingerprint density at radius 1 is 1.31 bits per heavy atom. The van der Waals surface area contributed by atoms with Gasteiger partial charge in [-0.15, -0.1) is 0 Å². The number of nitrogens with zero attached hydrogens (tertiary/aromatic N) is 1. The lowest BCUT2D eigenvalue weighted by Gasteiger charge is -2.40. The van der Waals surface area contributed by atoms with Crippen molar-refractivity contribution in [2.75, 3.05) is 13.2 Å². The van der Waals surface area contributed by atoms with Crippen molar-refractivity contribution in [1.29, 1.82) is 0 Å². The molecule has 3 aliphatic heterocycles. The van der Waals surface area contributed by atoms with Crippen LogP contribution >= 0.6 is 0 Å². The molecule has 3 heterocycles. The minimum atomic E-state index is -4.31. The van der Waals surface area contributed by atoms with Gasteiger partial charge in [-0.2, -0.15) is 8.42 Å². The van der Waals surface area contributed by atoms with Crippen LogP contribution in [-0.4, -0.2) is 83.0 Å². The summed E-state index contributed by atoms with van der Waals surface area (Å²) in [5, 5.41) is 37.5. The molecule has 4 rings (SSSR count). The minimum absolute atomic E-state index is 0.00982. The van der Waals surface area contributed by atoms with Crippen molar-refractivity contribution in [1.82, 2.24) is 10.6 Å². The average Bonchev–Trinajstić information content (AvgIpc) is 3.11. The van der Waals surface area contributed by atoms with Gasteiger partial charge in [0.1, 0.15) is 12.6 Å². The van der Waals surface area contributed by atoms with Crippen molar-refractivity contribution in [2.24, 2.45) is 11.5 Å². The quantitative estimate of drug-likeness (QED) is 0.130. The van der Waals surface area contributed by atoms with E-state index in [-0.39, 0.29) is 23.4 Å². The maximum atomic E-state index is 12.7. The van der Waals surface area contributed by atoms with Gasteiger partial charge in [-0.3, -0.25) is 26.0 Å². The molecule has 0 aromatic heterocycles. The second-order valence-electron chi connectivity index (χ2n) is 7.43. The Kier molecular flexibility index (Phi) is 4.29. The fraction of sp³-hybridized carbons (Fsp3) is 0.500. The number of aryl methyl sites for hydroxylation is 1. The van der Waals surface area contributed by atoms with Crippen LogP contribution in [0.2, 0.25) is 0 Å². The average molecular weight is 428 g/mol. The molecular weight excluding hydrogens is 404 g/mol. The van der Waals surface area contributed by atoms with E-state index in [0.29, 0.717) is 0 Å². The molecule has 0 radical (unpaired) electrons. The zero-order valence-corrected chi connectivity index (χ0v) is 16.3. The van der Waals surface area contributed by atoms with E-state index in [0.717, 1.165) is 5.56 Å². The maximum Gasteiger partial charge on any atom is 0.347 e. The predicted octanol–water partition coefficient (Wildman–Crippen LogP) is -5.88. The van der Waals surface area contributed by atoms with Crippen molar-refractivity contribution in [2.45, 2.75) is 41.5 Å². The van der Waals surface area contributed by atoms with Gasteiger partial charge in [0.25, 0.3) is 21.6 Å². The van der Waals surface area contributed by atoms with Crippen LogP contribution in [0.1, 0.15) is 5.56 Å². The number of hydrogen-bond acceptors (Lipinski definition) is 10. The van der Waals surface area contributed by atoms with E-state index in [4.69, 9.17) is 15.7 Å². The Morgan fingerprint density at radius 2 is 1.97 bits per heavy atom. The third-order valence-corrected chi connectivity index (χ3v) is 6.98. The molecule has 158 valence electrons. The molecule has 13 heteroatoms.